The third kappa shape index (κ3) is 20.2. The van der Waals surface area contributed by atoms with Crippen molar-refractivity contribution in [3.8, 4) is 0 Å². The summed E-state index contributed by atoms with van der Waals surface area (Å²) in [7, 11) is 0. The third-order valence-electron chi connectivity index (χ3n) is 3.42. The molecule has 0 aliphatic carbocycles. The highest BCUT2D eigenvalue weighted by Gasteiger charge is 1.90. The summed E-state index contributed by atoms with van der Waals surface area (Å²) in [5.41, 5.74) is 0. The van der Waals surface area contributed by atoms with Gasteiger partial charge >= 0.3 is 5.97 Å². The number of allylic oxidation sites excluding steroid dienone is 10. The van der Waals surface area contributed by atoms with E-state index in [0.717, 1.165) is 25.7 Å². The first kappa shape index (κ1) is 22.2. The summed E-state index contributed by atoms with van der Waals surface area (Å²) in [6.07, 6.45) is 31.4. The molecule has 0 aromatic rings. The monoisotopic (exact) mass is 330 g/mol. The summed E-state index contributed by atoms with van der Waals surface area (Å²) in [6.45, 7) is 2.23. The molecule has 0 unspecified atom stereocenters. The minimum atomic E-state index is -0.739. The smallest absolute Gasteiger partial charge is 0.303 e. The summed E-state index contributed by atoms with van der Waals surface area (Å²) in [4.78, 5) is 10.3. The molecule has 0 aromatic heterocycles. The van der Waals surface area contributed by atoms with Crippen molar-refractivity contribution >= 4 is 5.97 Å². The Balaban J connectivity index is 3.46. The second-order valence-electron chi connectivity index (χ2n) is 5.73. The van der Waals surface area contributed by atoms with E-state index >= 15 is 0 Å². The Labute approximate surface area is 148 Å². The minimum absolute atomic E-state index is 0.213. The normalized spacial score (nSPS) is 12.7. The molecule has 1 N–H and O–H groups in total. The molecule has 0 atom stereocenters. The molecule has 0 rings (SSSR count). The zero-order chi connectivity index (χ0) is 17.7. The van der Waals surface area contributed by atoms with Crippen LogP contribution in [0, 0.1) is 0 Å². The number of rotatable bonds is 15. The average molecular weight is 331 g/mol. The van der Waals surface area contributed by atoms with Gasteiger partial charge in [0.2, 0.25) is 0 Å². The van der Waals surface area contributed by atoms with Crippen LogP contribution < -0.4 is 0 Å². The maximum atomic E-state index is 10.3. The van der Waals surface area contributed by atoms with Crippen LogP contribution in [0.4, 0.5) is 0 Å². The molecule has 0 spiro atoms. The van der Waals surface area contributed by atoms with Gasteiger partial charge in [-0.2, -0.15) is 0 Å². The molecule has 134 valence electrons. The molecule has 0 saturated carbocycles. The summed E-state index contributed by atoms with van der Waals surface area (Å²) < 4.78 is 0. The van der Waals surface area contributed by atoms with Crippen molar-refractivity contribution in [2.75, 3.05) is 0 Å². The van der Waals surface area contributed by atoms with Crippen LogP contribution >= 0.6 is 0 Å². The van der Waals surface area contributed by atoms with Crippen molar-refractivity contribution in [1.82, 2.24) is 0 Å². The van der Waals surface area contributed by atoms with Crippen LogP contribution in [-0.2, 0) is 4.79 Å². The molecule has 0 aliphatic heterocycles. The van der Waals surface area contributed by atoms with Gasteiger partial charge in [0.1, 0.15) is 0 Å². The van der Waals surface area contributed by atoms with Crippen LogP contribution in [0.1, 0.15) is 71.1 Å². The predicted molar refractivity (Wildman–Crippen MR) is 105 cm³/mol. The molecule has 2 nitrogen and oxygen atoms in total. The third-order valence-corrected chi connectivity index (χ3v) is 3.42. The summed E-state index contributed by atoms with van der Waals surface area (Å²) in [6, 6.07) is 0. The second kappa shape index (κ2) is 19.2. The minimum Gasteiger partial charge on any atom is -0.481 e. The first-order chi connectivity index (χ1) is 11.8. The van der Waals surface area contributed by atoms with E-state index < -0.39 is 5.97 Å². The molecule has 2 heteroatoms. The molecule has 0 amide bonds. The quantitative estimate of drug-likeness (QED) is 0.265. The Bertz CT molecular complexity index is 425. The first-order valence-electron chi connectivity index (χ1n) is 9.24. The van der Waals surface area contributed by atoms with Gasteiger partial charge in [0.15, 0.2) is 0 Å². The number of carboxylic acids is 1. The average Bonchev–Trinajstić information content (AvgIpc) is 2.56. The highest BCUT2D eigenvalue weighted by molar-refractivity contribution is 5.66. The SMILES string of the molecule is CCCCC/C=C/C/C=C/C/C=C\C/C=C\C/C=C\CCC(=O)O. The van der Waals surface area contributed by atoms with E-state index in [1.807, 2.05) is 12.2 Å². The summed E-state index contributed by atoms with van der Waals surface area (Å²) in [5, 5.41) is 8.49. The number of aliphatic carboxylic acids is 1. The standard InChI is InChI=1S/C22H34O2/c1-2-3-4-5-6-7-8-9-10-11-12-13-14-15-16-17-18-19-20-21-22(23)24/h6-7,9-10,12-13,15-16,18-19H,2-5,8,11,14,17,20-21H2,1H3,(H,23,24)/b7-6+,10-9+,13-12-,16-15-,19-18-. The van der Waals surface area contributed by atoms with E-state index in [0.29, 0.717) is 6.42 Å². The lowest BCUT2D eigenvalue weighted by molar-refractivity contribution is -0.136. The molecule has 0 aliphatic rings. The molecular weight excluding hydrogens is 296 g/mol. The lowest BCUT2D eigenvalue weighted by atomic mass is 10.2. The molecule has 0 fully saturated rings. The maximum Gasteiger partial charge on any atom is 0.303 e. The van der Waals surface area contributed by atoms with Crippen molar-refractivity contribution in [3.63, 3.8) is 0 Å². The number of hydrogen-bond acceptors (Lipinski definition) is 1. The van der Waals surface area contributed by atoms with Gasteiger partial charge in [0.25, 0.3) is 0 Å². The summed E-state index contributed by atoms with van der Waals surface area (Å²) >= 11 is 0. The number of carbonyl (C=O) groups is 1. The first-order valence-corrected chi connectivity index (χ1v) is 9.24. The lowest BCUT2D eigenvalue weighted by Crippen LogP contribution is -1.91. The molecule has 0 saturated heterocycles. The molecule has 24 heavy (non-hydrogen) atoms. The van der Waals surface area contributed by atoms with E-state index in [2.05, 4.69) is 55.5 Å². The lowest BCUT2D eigenvalue weighted by Gasteiger charge is -1.90. The fourth-order valence-corrected chi connectivity index (χ4v) is 2.04. The molecular formula is C22H34O2. The number of unbranched alkanes of at least 4 members (excludes halogenated alkanes) is 3. The topological polar surface area (TPSA) is 37.3 Å². The van der Waals surface area contributed by atoms with E-state index in [-0.39, 0.29) is 6.42 Å². The van der Waals surface area contributed by atoms with Gasteiger partial charge < -0.3 is 5.11 Å². The zero-order valence-electron chi connectivity index (χ0n) is 15.2. The highest BCUT2D eigenvalue weighted by Crippen LogP contribution is 2.01. The van der Waals surface area contributed by atoms with Gasteiger partial charge in [0.05, 0.1) is 0 Å². The van der Waals surface area contributed by atoms with Gasteiger partial charge in [-0.3, -0.25) is 4.79 Å². The molecule has 0 bridgehead atoms. The van der Waals surface area contributed by atoms with E-state index in [9.17, 15) is 4.79 Å². The molecule has 0 heterocycles. The fourth-order valence-electron chi connectivity index (χ4n) is 2.04. The van der Waals surface area contributed by atoms with Crippen LogP contribution in [0.25, 0.3) is 0 Å². The molecule has 0 radical (unpaired) electrons. The van der Waals surface area contributed by atoms with E-state index in [1.165, 1.54) is 25.7 Å². The Hall–Kier alpha value is -1.83. The van der Waals surface area contributed by atoms with Gasteiger partial charge in [-0.05, 0) is 44.9 Å². The van der Waals surface area contributed by atoms with Crippen molar-refractivity contribution in [2.45, 2.75) is 71.1 Å². The number of hydrogen-bond donors (Lipinski definition) is 1. The maximum absolute atomic E-state index is 10.3. The molecule has 0 aromatic carbocycles. The highest BCUT2D eigenvalue weighted by atomic mass is 16.4. The van der Waals surface area contributed by atoms with Crippen molar-refractivity contribution < 1.29 is 9.90 Å². The van der Waals surface area contributed by atoms with Crippen molar-refractivity contribution in [3.05, 3.63) is 60.8 Å². The van der Waals surface area contributed by atoms with Crippen LogP contribution in [0.2, 0.25) is 0 Å². The van der Waals surface area contributed by atoms with Crippen LogP contribution in [0.3, 0.4) is 0 Å². The van der Waals surface area contributed by atoms with Gasteiger partial charge in [-0.25, -0.2) is 0 Å². The Morgan fingerprint density at radius 2 is 1.08 bits per heavy atom. The Morgan fingerprint density at radius 3 is 1.50 bits per heavy atom. The van der Waals surface area contributed by atoms with Crippen molar-refractivity contribution in [2.24, 2.45) is 0 Å². The zero-order valence-corrected chi connectivity index (χ0v) is 15.2. The fraction of sp³-hybridized carbons (Fsp3) is 0.500. The Kier molecular flexibility index (Phi) is 17.8. The van der Waals surface area contributed by atoms with Crippen LogP contribution in [0.5, 0.6) is 0 Å². The second-order valence-corrected chi connectivity index (χ2v) is 5.73. The number of carboxylic acid groups (broad SMARTS) is 1. The van der Waals surface area contributed by atoms with E-state index in [4.69, 9.17) is 5.11 Å². The Morgan fingerprint density at radius 1 is 0.667 bits per heavy atom. The summed E-state index contributed by atoms with van der Waals surface area (Å²) in [5.74, 6) is -0.739. The van der Waals surface area contributed by atoms with Crippen molar-refractivity contribution in [1.29, 1.82) is 0 Å². The van der Waals surface area contributed by atoms with Crippen LogP contribution in [0.15, 0.2) is 60.8 Å². The predicted octanol–water partition coefficient (Wildman–Crippen LogP) is 6.77. The van der Waals surface area contributed by atoms with Gasteiger partial charge in [0, 0.05) is 6.42 Å². The van der Waals surface area contributed by atoms with Crippen LogP contribution in [-0.4, -0.2) is 11.1 Å². The van der Waals surface area contributed by atoms with Gasteiger partial charge in [-0.1, -0.05) is 80.5 Å². The largest absolute Gasteiger partial charge is 0.481 e. The van der Waals surface area contributed by atoms with E-state index in [1.54, 1.807) is 0 Å². The van der Waals surface area contributed by atoms with Gasteiger partial charge in [-0.15, -0.1) is 0 Å².